The molecule has 40 heavy (non-hydrogen) atoms. The number of amides is 3. The lowest BCUT2D eigenvalue weighted by Gasteiger charge is -2.42. The predicted octanol–water partition coefficient (Wildman–Crippen LogP) is 3.75. The highest BCUT2D eigenvalue weighted by atomic mass is 19.1. The number of ether oxygens (including phenoxy) is 1. The highest BCUT2D eigenvalue weighted by Gasteiger charge is 2.54. The summed E-state index contributed by atoms with van der Waals surface area (Å²) in [5.74, 6) is -0.253. The molecule has 4 aliphatic rings. The van der Waals surface area contributed by atoms with Gasteiger partial charge in [0.05, 0.1) is 18.2 Å². The van der Waals surface area contributed by atoms with Gasteiger partial charge in [0.2, 0.25) is 11.8 Å². The van der Waals surface area contributed by atoms with Gasteiger partial charge in [-0.25, -0.2) is 9.18 Å². The van der Waals surface area contributed by atoms with E-state index in [-0.39, 0.29) is 36.3 Å². The van der Waals surface area contributed by atoms with Gasteiger partial charge in [0, 0.05) is 25.7 Å². The molecule has 5 atom stereocenters. The number of likely N-dealkylation sites (tertiary alicyclic amines) is 3. The first-order chi connectivity index (χ1) is 19.1. The lowest BCUT2D eigenvalue weighted by Crippen LogP contribution is -2.59. The number of nitriles is 1. The molecule has 1 aliphatic carbocycles. The quantitative estimate of drug-likeness (QED) is 0.551. The van der Waals surface area contributed by atoms with Gasteiger partial charge in [0.25, 0.3) is 0 Å². The molecule has 2 bridgehead atoms. The summed E-state index contributed by atoms with van der Waals surface area (Å²) in [4.78, 5) is 45.8. The number of halogens is 1. The van der Waals surface area contributed by atoms with Crippen molar-refractivity contribution in [1.29, 1.82) is 5.26 Å². The van der Waals surface area contributed by atoms with Crippen LogP contribution in [0.3, 0.4) is 0 Å². The topological polar surface area (TPSA) is 106 Å². The molecule has 3 aliphatic heterocycles. The first-order valence-electron chi connectivity index (χ1n) is 14.6. The van der Waals surface area contributed by atoms with Gasteiger partial charge in [-0.05, 0) is 76.5 Å². The smallest absolute Gasteiger partial charge is 0.408 e. The van der Waals surface area contributed by atoms with Crippen LogP contribution in [0.2, 0.25) is 0 Å². The fourth-order valence-electron chi connectivity index (χ4n) is 7.08. The minimum absolute atomic E-state index is 0.0240. The number of carbonyl (C=O) groups excluding carboxylic acids is 3. The van der Waals surface area contributed by atoms with Crippen LogP contribution in [0.1, 0.15) is 77.3 Å². The predicted molar refractivity (Wildman–Crippen MR) is 145 cm³/mol. The fourth-order valence-corrected chi connectivity index (χ4v) is 7.08. The minimum atomic E-state index is -0.938. The van der Waals surface area contributed by atoms with Crippen molar-refractivity contribution in [2.75, 3.05) is 19.6 Å². The molecule has 1 aromatic carbocycles. The molecular formula is C30H40FN5O4. The van der Waals surface area contributed by atoms with Crippen LogP contribution >= 0.6 is 0 Å². The van der Waals surface area contributed by atoms with Crippen LogP contribution in [0.5, 0.6) is 0 Å². The van der Waals surface area contributed by atoms with Gasteiger partial charge >= 0.3 is 6.09 Å². The number of hydrogen-bond acceptors (Lipinski definition) is 6. The molecule has 9 nitrogen and oxygen atoms in total. The number of fused-ring (bicyclic) bond motifs is 2. The Morgan fingerprint density at radius 2 is 1.85 bits per heavy atom. The molecule has 3 heterocycles. The largest absolute Gasteiger partial charge is 0.444 e. The van der Waals surface area contributed by atoms with Crippen molar-refractivity contribution in [2.45, 2.75) is 102 Å². The normalized spacial score (nSPS) is 26.7. The second-order valence-corrected chi connectivity index (χ2v) is 12.7. The first-order valence-corrected chi connectivity index (χ1v) is 14.6. The monoisotopic (exact) mass is 553 g/mol. The SMILES string of the molecule is CC(C)(C)OC(=O)N[C@@H](CN1C[C@@H]2C[C@H]1C(=O)N2[C@@H](c1ccc(F)cc1)C1CCCC1)C(=O)N1CCC[C@H]1C#N. The van der Waals surface area contributed by atoms with E-state index in [0.717, 1.165) is 37.7 Å². The number of piperazine rings is 1. The Bertz CT molecular complexity index is 1160. The number of alkyl carbamates (subject to hydrolysis) is 1. The van der Waals surface area contributed by atoms with E-state index in [1.165, 1.54) is 17.0 Å². The molecular weight excluding hydrogens is 513 g/mol. The second kappa shape index (κ2) is 11.4. The van der Waals surface area contributed by atoms with Gasteiger partial charge in [0.1, 0.15) is 23.5 Å². The van der Waals surface area contributed by atoms with E-state index in [4.69, 9.17) is 4.74 Å². The van der Waals surface area contributed by atoms with Crippen molar-refractivity contribution in [3.8, 4) is 6.07 Å². The van der Waals surface area contributed by atoms with E-state index in [0.29, 0.717) is 31.8 Å². The van der Waals surface area contributed by atoms with Crippen molar-refractivity contribution in [3.05, 3.63) is 35.6 Å². The fraction of sp³-hybridized carbons (Fsp3) is 0.667. The van der Waals surface area contributed by atoms with Gasteiger partial charge < -0.3 is 19.9 Å². The average Bonchev–Trinajstić information content (AvgIpc) is 3.69. The Morgan fingerprint density at radius 3 is 2.48 bits per heavy atom. The summed E-state index contributed by atoms with van der Waals surface area (Å²) in [5.41, 5.74) is 0.233. The van der Waals surface area contributed by atoms with E-state index < -0.39 is 29.8 Å². The van der Waals surface area contributed by atoms with E-state index in [9.17, 15) is 24.0 Å². The highest BCUT2D eigenvalue weighted by molar-refractivity contribution is 5.88. The number of nitrogens with one attached hydrogen (secondary N) is 1. The Hall–Kier alpha value is -3.19. The third-order valence-electron chi connectivity index (χ3n) is 8.76. The third-order valence-corrected chi connectivity index (χ3v) is 8.76. The molecule has 0 spiro atoms. The first kappa shape index (κ1) is 28.3. The molecule has 216 valence electrons. The van der Waals surface area contributed by atoms with Crippen molar-refractivity contribution in [2.24, 2.45) is 5.92 Å². The van der Waals surface area contributed by atoms with Crippen LogP contribution < -0.4 is 5.32 Å². The molecule has 1 aromatic rings. The summed E-state index contributed by atoms with van der Waals surface area (Å²) in [6, 6.07) is 6.76. The number of hydrogen-bond donors (Lipinski definition) is 1. The Kier molecular flexibility index (Phi) is 8.05. The van der Waals surface area contributed by atoms with Crippen molar-refractivity contribution in [1.82, 2.24) is 20.0 Å². The van der Waals surface area contributed by atoms with Gasteiger partial charge in [-0.1, -0.05) is 25.0 Å². The zero-order valence-electron chi connectivity index (χ0n) is 23.6. The molecule has 1 N–H and O–H groups in total. The van der Waals surface area contributed by atoms with E-state index in [2.05, 4.69) is 11.4 Å². The maximum absolute atomic E-state index is 13.9. The summed E-state index contributed by atoms with van der Waals surface area (Å²) in [5, 5.41) is 12.3. The Balaban J connectivity index is 1.34. The van der Waals surface area contributed by atoms with Crippen molar-refractivity contribution in [3.63, 3.8) is 0 Å². The standard InChI is InChI=1S/C30H40FN5O4/c1-30(2,3)40-29(39)33-24(27(37)35-14-6-9-22(35)16-32)18-34-17-23-15-25(34)28(38)36(23)26(19-7-4-5-8-19)20-10-12-21(31)13-11-20/h10-13,19,22-26H,4-9,14-15,17-18H2,1-3H3,(H,33,39)/t22-,23-,24-,25-,26+/m0/s1. The summed E-state index contributed by atoms with van der Waals surface area (Å²) < 4.78 is 19.2. The molecule has 4 fully saturated rings. The zero-order valence-corrected chi connectivity index (χ0v) is 23.6. The van der Waals surface area contributed by atoms with Gasteiger partial charge in [-0.3, -0.25) is 14.5 Å². The average molecular weight is 554 g/mol. The maximum Gasteiger partial charge on any atom is 0.408 e. The third kappa shape index (κ3) is 5.80. The number of carbonyl (C=O) groups is 3. The minimum Gasteiger partial charge on any atom is -0.444 e. The summed E-state index contributed by atoms with van der Waals surface area (Å²) in [7, 11) is 0. The van der Waals surface area contributed by atoms with Crippen LogP contribution in [-0.2, 0) is 14.3 Å². The van der Waals surface area contributed by atoms with Crippen LogP contribution in [0, 0.1) is 23.1 Å². The summed E-state index contributed by atoms with van der Waals surface area (Å²) >= 11 is 0. The van der Waals surface area contributed by atoms with Crippen LogP contribution in [0.25, 0.3) is 0 Å². The van der Waals surface area contributed by atoms with E-state index >= 15 is 0 Å². The molecule has 0 unspecified atom stereocenters. The highest BCUT2D eigenvalue weighted by Crippen LogP contribution is 2.45. The van der Waals surface area contributed by atoms with Crippen molar-refractivity contribution < 1.29 is 23.5 Å². The van der Waals surface area contributed by atoms with Gasteiger partial charge in [0.15, 0.2) is 0 Å². The lowest BCUT2D eigenvalue weighted by molar-refractivity contribution is -0.142. The number of benzene rings is 1. The van der Waals surface area contributed by atoms with Crippen LogP contribution in [0.15, 0.2) is 24.3 Å². The lowest BCUT2D eigenvalue weighted by atomic mass is 9.89. The molecule has 0 radical (unpaired) electrons. The maximum atomic E-state index is 13.9. The molecule has 0 aromatic heterocycles. The summed E-state index contributed by atoms with van der Waals surface area (Å²) in [6.07, 6.45) is 5.63. The van der Waals surface area contributed by atoms with Gasteiger partial charge in [-0.2, -0.15) is 5.26 Å². The molecule has 3 saturated heterocycles. The summed E-state index contributed by atoms with van der Waals surface area (Å²) in [6.45, 7) is 6.47. The Labute approximate surface area is 235 Å². The molecule has 3 amide bonds. The van der Waals surface area contributed by atoms with E-state index in [1.54, 1.807) is 32.9 Å². The molecule has 10 heteroatoms. The van der Waals surface area contributed by atoms with Crippen LogP contribution in [-0.4, -0.2) is 82.0 Å². The Morgan fingerprint density at radius 1 is 1.15 bits per heavy atom. The second-order valence-electron chi connectivity index (χ2n) is 12.7. The number of rotatable bonds is 7. The zero-order chi connectivity index (χ0) is 28.6. The molecule has 5 rings (SSSR count). The molecule has 1 saturated carbocycles. The number of nitrogens with zero attached hydrogens (tertiary/aromatic N) is 4. The van der Waals surface area contributed by atoms with Crippen molar-refractivity contribution >= 4 is 17.9 Å². The van der Waals surface area contributed by atoms with Crippen LogP contribution in [0.4, 0.5) is 9.18 Å². The van der Waals surface area contributed by atoms with Gasteiger partial charge in [-0.15, -0.1) is 0 Å². The van der Waals surface area contributed by atoms with E-state index in [1.807, 2.05) is 9.80 Å².